The summed E-state index contributed by atoms with van der Waals surface area (Å²) in [7, 11) is 0. The van der Waals surface area contributed by atoms with E-state index in [9.17, 15) is 0 Å². The van der Waals surface area contributed by atoms with E-state index in [0.29, 0.717) is 23.5 Å². The van der Waals surface area contributed by atoms with Crippen molar-refractivity contribution in [3.8, 4) is 23.0 Å². The third kappa shape index (κ3) is 2.12. The van der Waals surface area contributed by atoms with E-state index in [4.69, 9.17) is 8.94 Å². The van der Waals surface area contributed by atoms with Gasteiger partial charge in [0.05, 0.1) is 17.8 Å². The lowest BCUT2D eigenvalue weighted by molar-refractivity contribution is 0.417. The molecular formula is C17H15N5O2. The minimum absolute atomic E-state index is 0.365. The SMILES string of the molecule is c1coc(-c2nc(-c3ccc4c(c3)nnn4C3CCCC3)no2)c1. The zero-order valence-corrected chi connectivity index (χ0v) is 12.9. The first-order chi connectivity index (χ1) is 11.9. The first kappa shape index (κ1) is 13.5. The summed E-state index contributed by atoms with van der Waals surface area (Å²) in [6, 6.07) is 10.0. The number of aromatic nitrogens is 5. The van der Waals surface area contributed by atoms with Crippen LogP contribution in [0.2, 0.25) is 0 Å². The summed E-state index contributed by atoms with van der Waals surface area (Å²) < 4.78 is 12.6. The molecule has 7 heteroatoms. The molecule has 0 saturated heterocycles. The Kier molecular flexibility index (Phi) is 2.97. The summed E-state index contributed by atoms with van der Waals surface area (Å²) in [4.78, 5) is 4.39. The van der Waals surface area contributed by atoms with Crippen LogP contribution in [0.5, 0.6) is 0 Å². The third-order valence-electron chi connectivity index (χ3n) is 4.56. The van der Waals surface area contributed by atoms with Crippen molar-refractivity contribution in [2.24, 2.45) is 0 Å². The van der Waals surface area contributed by atoms with Gasteiger partial charge in [-0.05, 0) is 43.2 Å². The van der Waals surface area contributed by atoms with Gasteiger partial charge < -0.3 is 8.94 Å². The van der Waals surface area contributed by atoms with Crippen LogP contribution in [0.4, 0.5) is 0 Å². The number of furan rings is 1. The normalized spacial score (nSPS) is 15.5. The largest absolute Gasteiger partial charge is 0.459 e. The Morgan fingerprint density at radius 3 is 2.88 bits per heavy atom. The molecule has 5 rings (SSSR count). The maximum absolute atomic E-state index is 5.28. The molecule has 0 bridgehead atoms. The lowest BCUT2D eigenvalue weighted by Gasteiger charge is -2.09. The maximum Gasteiger partial charge on any atom is 0.293 e. The molecule has 1 saturated carbocycles. The Balaban J connectivity index is 1.52. The molecule has 4 aromatic rings. The molecule has 3 aromatic heterocycles. The topological polar surface area (TPSA) is 82.8 Å². The van der Waals surface area contributed by atoms with Gasteiger partial charge >= 0.3 is 0 Å². The molecule has 0 spiro atoms. The van der Waals surface area contributed by atoms with Crippen molar-refractivity contribution in [1.29, 1.82) is 0 Å². The maximum atomic E-state index is 5.28. The zero-order chi connectivity index (χ0) is 15.9. The van der Waals surface area contributed by atoms with Gasteiger partial charge in [-0.15, -0.1) is 5.10 Å². The Hall–Kier alpha value is -2.96. The Bertz CT molecular complexity index is 980. The fourth-order valence-electron chi connectivity index (χ4n) is 3.34. The second-order valence-corrected chi connectivity index (χ2v) is 6.08. The zero-order valence-electron chi connectivity index (χ0n) is 12.9. The third-order valence-corrected chi connectivity index (χ3v) is 4.56. The van der Waals surface area contributed by atoms with Crippen molar-refractivity contribution >= 4 is 11.0 Å². The van der Waals surface area contributed by atoms with E-state index in [1.807, 2.05) is 18.2 Å². The van der Waals surface area contributed by atoms with Gasteiger partial charge in [-0.2, -0.15) is 4.98 Å². The molecule has 1 aromatic carbocycles. The first-order valence-corrected chi connectivity index (χ1v) is 8.11. The fourth-order valence-corrected chi connectivity index (χ4v) is 3.34. The van der Waals surface area contributed by atoms with Crippen LogP contribution < -0.4 is 0 Å². The van der Waals surface area contributed by atoms with Crippen molar-refractivity contribution in [3.05, 3.63) is 36.6 Å². The highest BCUT2D eigenvalue weighted by Gasteiger charge is 2.21. The van der Waals surface area contributed by atoms with Gasteiger partial charge in [-0.1, -0.05) is 23.2 Å². The first-order valence-electron chi connectivity index (χ1n) is 8.11. The highest BCUT2D eigenvalue weighted by molar-refractivity contribution is 5.80. The van der Waals surface area contributed by atoms with Gasteiger partial charge in [0.15, 0.2) is 5.76 Å². The van der Waals surface area contributed by atoms with E-state index >= 15 is 0 Å². The van der Waals surface area contributed by atoms with Crippen LogP contribution in [0.25, 0.3) is 34.1 Å². The van der Waals surface area contributed by atoms with Crippen molar-refractivity contribution in [1.82, 2.24) is 25.1 Å². The van der Waals surface area contributed by atoms with E-state index in [2.05, 4.69) is 25.1 Å². The minimum atomic E-state index is 0.365. The summed E-state index contributed by atoms with van der Waals surface area (Å²) in [6.45, 7) is 0. The number of hydrogen-bond acceptors (Lipinski definition) is 6. The lowest BCUT2D eigenvalue weighted by Crippen LogP contribution is -2.06. The summed E-state index contributed by atoms with van der Waals surface area (Å²) >= 11 is 0. The molecule has 0 aliphatic heterocycles. The van der Waals surface area contributed by atoms with Gasteiger partial charge in [0, 0.05) is 5.56 Å². The highest BCUT2D eigenvalue weighted by atomic mass is 16.5. The predicted molar refractivity (Wildman–Crippen MR) is 86.0 cm³/mol. The van der Waals surface area contributed by atoms with Gasteiger partial charge in [-0.25, -0.2) is 4.68 Å². The Morgan fingerprint density at radius 1 is 1.12 bits per heavy atom. The predicted octanol–water partition coefficient (Wildman–Crippen LogP) is 3.86. The van der Waals surface area contributed by atoms with Crippen LogP contribution in [-0.2, 0) is 0 Å². The average Bonchev–Trinajstić information content (AvgIpc) is 3.41. The molecule has 0 amide bonds. The van der Waals surface area contributed by atoms with Gasteiger partial charge in [0.1, 0.15) is 5.52 Å². The van der Waals surface area contributed by atoms with E-state index in [0.717, 1.165) is 16.6 Å². The van der Waals surface area contributed by atoms with Crippen molar-refractivity contribution in [2.75, 3.05) is 0 Å². The van der Waals surface area contributed by atoms with Gasteiger partial charge in [0.2, 0.25) is 5.82 Å². The molecule has 3 heterocycles. The smallest absolute Gasteiger partial charge is 0.293 e. The molecule has 1 fully saturated rings. The summed E-state index contributed by atoms with van der Waals surface area (Å²) in [5.41, 5.74) is 2.76. The van der Waals surface area contributed by atoms with Crippen LogP contribution in [0.3, 0.4) is 0 Å². The molecule has 120 valence electrons. The number of benzene rings is 1. The summed E-state index contributed by atoms with van der Waals surface area (Å²) in [5.74, 6) is 1.44. The van der Waals surface area contributed by atoms with Crippen LogP contribution in [-0.4, -0.2) is 25.1 Å². The average molecular weight is 321 g/mol. The van der Waals surface area contributed by atoms with Crippen molar-refractivity contribution < 1.29 is 8.94 Å². The number of rotatable bonds is 3. The lowest BCUT2D eigenvalue weighted by atomic mass is 10.1. The molecule has 0 unspecified atom stereocenters. The summed E-state index contributed by atoms with van der Waals surface area (Å²) in [6.07, 6.45) is 6.47. The highest BCUT2D eigenvalue weighted by Crippen LogP contribution is 2.32. The van der Waals surface area contributed by atoms with Crippen LogP contribution in [0, 0.1) is 0 Å². The van der Waals surface area contributed by atoms with E-state index in [-0.39, 0.29) is 0 Å². The molecular weight excluding hydrogens is 306 g/mol. The van der Waals surface area contributed by atoms with Crippen LogP contribution in [0.15, 0.2) is 45.5 Å². The minimum Gasteiger partial charge on any atom is -0.459 e. The van der Waals surface area contributed by atoms with Gasteiger partial charge in [-0.3, -0.25) is 0 Å². The number of fused-ring (bicyclic) bond motifs is 1. The van der Waals surface area contributed by atoms with Crippen LogP contribution >= 0.6 is 0 Å². The fraction of sp³-hybridized carbons (Fsp3) is 0.294. The molecule has 1 aliphatic carbocycles. The molecule has 24 heavy (non-hydrogen) atoms. The molecule has 0 radical (unpaired) electrons. The molecule has 7 nitrogen and oxygen atoms in total. The van der Waals surface area contributed by atoms with Crippen LogP contribution in [0.1, 0.15) is 31.7 Å². The van der Waals surface area contributed by atoms with E-state index in [1.54, 1.807) is 18.4 Å². The Labute approximate surface area is 137 Å². The number of hydrogen-bond donors (Lipinski definition) is 0. The molecule has 0 N–H and O–H groups in total. The molecule has 1 aliphatic rings. The van der Waals surface area contributed by atoms with Crippen molar-refractivity contribution in [3.63, 3.8) is 0 Å². The van der Waals surface area contributed by atoms with E-state index in [1.165, 1.54) is 25.7 Å². The standard InChI is InChI=1S/C17H15N5O2/c1-2-5-12(4-1)22-14-8-7-11(10-13(14)19-21-22)16-18-17(24-20-16)15-6-3-9-23-15/h3,6-10,12H,1-2,4-5H2. The monoisotopic (exact) mass is 321 g/mol. The Morgan fingerprint density at radius 2 is 2.04 bits per heavy atom. The second-order valence-electron chi connectivity index (χ2n) is 6.08. The summed E-state index contributed by atoms with van der Waals surface area (Å²) in [5, 5.41) is 12.7. The van der Waals surface area contributed by atoms with E-state index < -0.39 is 0 Å². The second kappa shape index (κ2) is 5.30. The number of nitrogens with zero attached hydrogens (tertiary/aromatic N) is 5. The van der Waals surface area contributed by atoms with Crippen molar-refractivity contribution in [2.45, 2.75) is 31.7 Å². The van der Waals surface area contributed by atoms with Gasteiger partial charge in [0.25, 0.3) is 5.89 Å². The quantitative estimate of drug-likeness (QED) is 0.570. The molecule has 0 atom stereocenters.